The van der Waals surface area contributed by atoms with Crippen molar-refractivity contribution in [3.8, 4) is 0 Å². The van der Waals surface area contributed by atoms with Crippen LogP contribution in [0.2, 0.25) is 0 Å². The lowest BCUT2D eigenvalue weighted by Crippen LogP contribution is -2.64. The summed E-state index contributed by atoms with van der Waals surface area (Å²) in [6, 6.07) is 0. The number of carbonyl (C=O) groups excluding carboxylic acids is 4. The smallest absolute Gasteiger partial charge is 0.462 e. The van der Waals surface area contributed by atoms with Gasteiger partial charge in [-0.15, -0.1) is 0 Å². The van der Waals surface area contributed by atoms with Crippen LogP contribution in [0.15, 0.2) is 12.7 Å². The number of rotatable bonds is 24. The van der Waals surface area contributed by atoms with Crippen molar-refractivity contribution in [2.75, 3.05) is 18.9 Å². The van der Waals surface area contributed by atoms with E-state index in [1.165, 1.54) is 23.7 Å². The van der Waals surface area contributed by atoms with Gasteiger partial charge >= 0.3 is 38.4 Å². The Kier molecular flexibility index (Phi) is 19.5. The number of phosphoric ester groups is 1. The molecule has 12 atom stereocenters. The van der Waals surface area contributed by atoms with Crippen molar-refractivity contribution in [2.45, 2.75) is 153 Å². The number of unbranched alkanes of at least 4 members (excludes halogenated alkanes) is 8. The van der Waals surface area contributed by atoms with Crippen molar-refractivity contribution in [1.29, 1.82) is 0 Å². The summed E-state index contributed by atoms with van der Waals surface area (Å²) < 4.78 is 77.8. The first kappa shape index (κ1) is 51.3. The van der Waals surface area contributed by atoms with Crippen LogP contribution in [-0.2, 0) is 77.3 Å². The average molecular weight is 946 g/mol. The predicted octanol–water partition coefficient (Wildman–Crippen LogP) is 2.72. The summed E-state index contributed by atoms with van der Waals surface area (Å²) in [4.78, 5) is 82.8. The second kappa shape index (κ2) is 23.6. The van der Waals surface area contributed by atoms with Crippen LogP contribution in [0.4, 0.5) is 10.2 Å². The number of aromatic nitrogens is 4. The largest absolute Gasteiger partial charge is 0.481 e. The normalized spacial score (nSPS) is 27.5. The number of aliphatic hydroxyl groups excluding tert-OH is 2. The fraction of sp³-hybridized carbons (Fsp3) is 0.743. The van der Waals surface area contributed by atoms with E-state index in [1.807, 2.05) is 0 Å². The predicted molar refractivity (Wildman–Crippen MR) is 213 cm³/mol. The molecule has 350 valence electrons. The van der Waals surface area contributed by atoms with Gasteiger partial charge in [-0.25, -0.2) is 28.2 Å². The quantitative estimate of drug-likeness (QED) is 0.0437. The van der Waals surface area contributed by atoms with Crippen molar-refractivity contribution in [1.82, 2.24) is 19.5 Å². The molecule has 62 heavy (non-hydrogen) atoms. The Balaban J connectivity index is 1.44. The van der Waals surface area contributed by atoms with Gasteiger partial charge < -0.3 is 58.7 Å². The maximum atomic E-state index is 16.1. The van der Waals surface area contributed by atoms with E-state index in [0.717, 1.165) is 65.6 Å². The fourth-order valence-corrected chi connectivity index (χ4v) is 9.82. The van der Waals surface area contributed by atoms with Crippen LogP contribution < -0.4 is 5.73 Å². The summed E-state index contributed by atoms with van der Waals surface area (Å²) in [6.07, 6.45) is -7.67. The number of fused-ring (bicyclic) bond motifs is 1. The minimum absolute atomic E-state index is 0.0275. The molecule has 6 N–H and O–H groups in total. The Morgan fingerprint density at radius 3 is 2.11 bits per heavy atom. The molecule has 27 heteroatoms. The Morgan fingerprint density at radius 2 is 1.48 bits per heavy atom. The van der Waals surface area contributed by atoms with Crippen LogP contribution in [0.5, 0.6) is 0 Å². The zero-order valence-corrected chi connectivity index (χ0v) is 37.1. The fourth-order valence-electron chi connectivity index (χ4n) is 6.72. The molecule has 2 aliphatic rings. The first-order valence-corrected chi connectivity index (χ1v) is 23.9. The molecule has 5 unspecified atom stereocenters. The van der Waals surface area contributed by atoms with E-state index in [-0.39, 0.29) is 23.4 Å². The molecule has 2 saturated heterocycles. The highest BCUT2D eigenvalue weighted by atomic mass is 32.5. The number of anilines is 1. The van der Waals surface area contributed by atoms with Gasteiger partial charge in [-0.1, -0.05) is 58.3 Å². The molecule has 0 saturated carbocycles. The second-order valence-electron chi connectivity index (χ2n) is 14.5. The van der Waals surface area contributed by atoms with Gasteiger partial charge in [0.1, 0.15) is 42.9 Å². The van der Waals surface area contributed by atoms with Crippen LogP contribution >= 0.6 is 14.5 Å². The Morgan fingerprint density at radius 1 is 0.887 bits per heavy atom. The van der Waals surface area contributed by atoms with Gasteiger partial charge in [-0.3, -0.25) is 28.3 Å². The van der Waals surface area contributed by atoms with Gasteiger partial charge in [0.25, 0.3) is 0 Å². The number of nitrogens with two attached hydrogens (primary N) is 1. The monoisotopic (exact) mass is 945 g/mol. The molecule has 0 bridgehead atoms. The lowest BCUT2D eigenvalue weighted by Gasteiger charge is -2.45. The van der Waals surface area contributed by atoms with Crippen LogP contribution in [0, 0.1) is 0 Å². The van der Waals surface area contributed by atoms with E-state index in [9.17, 15) is 43.7 Å². The number of ether oxygens (including phenoxy) is 6. The number of aliphatic hydroxyl groups is 2. The number of halogens is 1. The third-order valence-corrected chi connectivity index (χ3v) is 13.0. The number of carbonyl (C=O) groups is 4. The first-order valence-electron chi connectivity index (χ1n) is 19.8. The van der Waals surface area contributed by atoms with E-state index in [4.69, 9.17) is 59.3 Å². The number of nitrogen functional groups attached to an aromatic ring is 1. The number of hydrogen-bond acceptors (Lipinski definition) is 21. The summed E-state index contributed by atoms with van der Waals surface area (Å²) in [5, 5.41) is 21.4. The number of nitrogens with zero attached hydrogens (tertiary/aromatic N) is 4. The molecule has 0 aromatic carbocycles. The summed E-state index contributed by atoms with van der Waals surface area (Å²) in [7, 11) is -5.75. The maximum absolute atomic E-state index is 16.1. The highest BCUT2D eigenvalue weighted by molar-refractivity contribution is 8.08. The third-order valence-electron chi connectivity index (χ3n) is 9.53. The molecule has 4 heterocycles. The molecule has 2 aliphatic heterocycles. The lowest BCUT2D eigenvalue weighted by atomic mass is 9.95. The molecule has 0 spiro atoms. The summed E-state index contributed by atoms with van der Waals surface area (Å²) in [6.45, 7) is -1.86. The molecular weight excluding hydrogens is 891 g/mol. The van der Waals surface area contributed by atoms with Crippen molar-refractivity contribution >= 4 is 67.2 Å². The number of alkyl halides is 1. The Bertz CT molecular complexity index is 1930. The van der Waals surface area contributed by atoms with Gasteiger partial charge in [0.05, 0.1) is 12.9 Å². The van der Waals surface area contributed by atoms with Crippen molar-refractivity contribution < 1.29 is 89.9 Å². The maximum Gasteiger partial charge on any atom is 0.481 e. The molecule has 2 fully saturated rings. The molecule has 4 rings (SSSR count). The molecule has 23 nitrogen and oxygen atoms in total. The van der Waals surface area contributed by atoms with Gasteiger partial charge in [0.15, 0.2) is 42.2 Å². The lowest BCUT2D eigenvalue weighted by molar-refractivity contribution is -0.296. The number of imidazole rings is 1. The van der Waals surface area contributed by atoms with Crippen molar-refractivity contribution in [3.05, 3.63) is 12.7 Å². The van der Waals surface area contributed by atoms with E-state index in [2.05, 4.69) is 21.9 Å². The van der Waals surface area contributed by atoms with Crippen LogP contribution in [0.3, 0.4) is 0 Å². The Hall–Kier alpha value is -3.32. The highest BCUT2D eigenvalue weighted by Gasteiger charge is 2.57. The van der Waals surface area contributed by atoms with Crippen LogP contribution in [0.1, 0.15) is 98.1 Å². The van der Waals surface area contributed by atoms with Crippen LogP contribution in [-0.4, -0.2) is 132 Å². The van der Waals surface area contributed by atoms with E-state index in [1.54, 1.807) is 0 Å². The van der Waals surface area contributed by atoms with Gasteiger partial charge in [-0.05, 0) is 18.2 Å². The summed E-state index contributed by atoms with van der Waals surface area (Å²) >= 11 is 4.89. The van der Waals surface area contributed by atoms with Gasteiger partial charge in [0, 0.05) is 27.2 Å². The van der Waals surface area contributed by atoms with Gasteiger partial charge in [0.2, 0.25) is 6.29 Å². The third kappa shape index (κ3) is 14.9. The van der Waals surface area contributed by atoms with Gasteiger partial charge in [-0.2, -0.15) is 0 Å². The summed E-state index contributed by atoms with van der Waals surface area (Å²) in [5.74, 6) is -3.95. The first-order chi connectivity index (χ1) is 29.2. The minimum atomic E-state index is -5.75. The second-order valence-corrected chi connectivity index (χ2v) is 18.9. The van der Waals surface area contributed by atoms with E-state index >= 15 is 4.39 Å². The van der Waals surface area contributed by atoms with Crippen molar-refractivity contribution in [2.24, 2.45) is 0 Å². The highest BCUT2D eigenvalue weighted by Crippen LogP contribution is 2.62. The molecule has 2 aromatic rings. The molecule has 0 aliphatic carbocycles. The minimum Gasteiger partial charge on any atom is -0.462 e. The average Bonchev–Trinajstić information content (AvgIpc) is 3.73. The number of phosphoric acid groups is 1. The summed E-state index contributed by atoms with van der Waals surface area (Å²) in [5.41, 5.74) is 6.13. The molecular formula is C35H54FN5O18P2S. The molecule has 2 aromatic heterocycles. The SMILES string of the molecule is CCCCCCCCCCCC(=O)OC[C@H](F)C1O[C@@H](OP(=O)(O)OP(O)(=S)OC[C@H]2O[C@@H](n3cnc4c(N)ncnc43)C(O)[C@H]2O)[C@H](OC(C)=O)C(OC(C)=O)[C@@H]1OC(C)=O. The number of esters is 4. The molecule has 0 amide bonds. The van der Waals surface area contributed by atoms with Crippen molar-refractivity contribution in [3.63, 3.8) is 0 Å². The topological polar surface area (TPSA) is 319 Å². The van der Waals surface area contributed by atoms with E-state index in [0.29, 0.717) is 6.42 Å². The standard InChI is InChI=1S/C35H54FN5O18P2S/c1-5-6-7-8-9-10-11-12-13-14-24(45)51-15-22(36)28-29(53-19(2)42)30(54-20(3)43)31(55-21(4)44)35(57-28)58-60(48,49)59-61(50,62)52-16-23-26(46)27(47)34(56-23)41-18-40-25-32(37)38-17-39-33(25)41/h17-18,22-23,26-31,34-35,46-47H,5-16H2,1-4H3,(H,48,49)(H,50,62)(H2,37,38,39)/t22-,23+,26-,27?,28?,29+,30?,31+,34+,35-,61?/m0/s1. The Labute approximate surface area is 360 Å². The van der Waals surface area contributed by atoms with Crippen LogP contribution in [0.25, 0.3) is 11.2 Å². The number of hydrogen-bond donors (Lipinski definition) is 5. The zero-order valence-electron chi connectivity index (χ0n) is 34.5. The van der Waals surface area contributed by atoms with E-state index < -0.39 is 113 Å². The molecule has 0 radical (unpaired) electrons. The zero-order chi connectivity index (χ0) is 45.8.